The van der Waals surface area contributed by atoms with Crippen LogP contribution in [0.2, 0.25) is 0 Å². The SMILES string of the molecule is C#CCNCC(=O)Nc1cc([N+](=O)[O-])ccc1O. The zero-order valence-electron chi connectivity index (χ0n) is 9.34. The van der Waals surface area contributed by atoms with Gasteiger partial charge in [0, 0.05) is 12.1 Å². The third-order valence-electron chi connectivity index (χ3n) is 1.98. The largest absolute Gasteiger partial charge is 0.506 e. The summed E-state index contributed by atoms with van der Waals surface area (Å²) in [5, 5.41) is 25.0. The molecule has 0 bridgehead atoms. The number of carbonyl (C=O) groups is 1. The number of rotatable bonds is 5. The number of nitro benzene ring substituents is 1. The molecule has 0 atom stereocenters. The number of nitrogens with zero attached hydrogens (tertiary/aromatic N) is 1. The van der Waals surface area contributed by atoms with Crippen LogP contribution in [0, 0.1) is 22.5 Å². The van der Waals surface area contributed by atoms with Crippen LogP contribution in [0.4, 0.5) is 11.4 Å². The molecule has 1 amide bonds. The molecular weight excluding hydrogens is 238 g/mol. The van der Waals surface area contributed by atoms with E-state index >= 15 is 0 Å². The number of phenols is 1. The van der Waals surface area contributed by atoms with Crippen LogP contribution in [0.1, 0.15) is 0 Å². The molecule has 0 heterocycles. The van der Waals surface area contributed by atoms with Crippen molar-refractivity contribution in [3.63, 3.8) is 0 Å². The molecule has 94 valence electrons. The highest BCUT2D eigenvalue weighted by Gasteiger charge is 2.12. The maximum Gasteiger partial charge on any atom is 0.271 e. The molecule has 0 fully saturated rings. The van der Waals surface area contributed by atoms with Gasteiger partial charge in [0.05, 0.1) is 23.7 Å². The lowest BCUT2D eigenvalue weighted by Crippen LogP contribution is -2.28. The normalized spacial score (nSPS) is 9.50. The number of nitro groups is 1. The summed E-state index contributed by atoms with van der Waals surface area (Å²) in [6, 6.07) is 3.36. The van der Waals surface area contributed by atoms with E-state index in [0.29, 0.717) is 0 Å². The molecule has 7 heteroatoms. The van der Waals surface area contributed by atoms with Gasteiger partial charge in [-0.2, -0.15) is 0 Å². The molecule has 0 spiro atoms. The number of terminal acetylenes is 1. The van der Waals surface area contributed by atoms with E-state index in [-0.39, 0.29) is 30.2 Å². The van der Waals surface area contributed by atoms with Gasteiger partial charge < -0.3 is 10.4 Å². The fraction of sp³-hybridized carbons (Fsp3) is 0.182. The van der Waals surface area contributed by atoms with Crippen molar-refractivity contribution >= 4 is 17.3 Å². The lowest BCUT2D eigenvalue weighted by molar-refractivity contribution is -0.384. The summed E-state index contributed by atoms with van der Waals surface area (Å²) in [5.41, 5.74) is -0.239. The summed E-state index contributed by atoms with van der Waals surface area (Å²) in [6.45, 7) is 0.181. The second-order valence-electron chi connectivity index (χ2n) is 3.31. The van der Waals surface area contributed by atoms with Gasteiger partial charge in [-0.3, -0.25) is 20.2 Å². The molecule has 1 aromatic rings. The van der Waals surface area contributed by atoms with E-state index in [4.69, 9.17) is 6.42 Å². The monoisotopic (exact) mass is 249 g/mol. The minimum atomic E-state index is -0.619. The Kier molecular flexibility index (Phi) is 4.66. The van der Waals surface area contributed by atoms with Crippen LogP contribution in [0.25, 0.3) is 0 Å². The highest BCUT2D eigenvalue weighted by molar-refractivity contribution is 5.94. The summed E-state index contributed by atoms with van der Waals surface area (Å²) in [4.78, 5) is 21.3. The molecule has 1 rings (SSSR count). The van der Waals surface area contributed by atoms with Gasteiger partial charge in [-0.1, -0.05) is 5.92 Å². The molecule has 0 unspecified atom stereocenters. The van der Waals surface area contributed by atoms with Crippen molar-refractivity contribution in [1.29, 1.82) is 0 Å². The number of anilines is 1. The quantitative estimate of drug-likeness (QED) is 0.231. The van der Waals surface area contributed by atoms with E-state index in [0.717, 1.165) is 18.2 Å². The molecule has 0 aliphatic heterocycles. The number of amides is 1. The van der Waals surface area contributed by atoms with Gasteiger partial charge in [-0.25, -0.2) is 0 Å². The minimum Gasteiger partial charge on any atom is -0.506 e. The Balaban J connectivity index is 2.72. The lowest BCUT2D eigenvalue weighted by Gasteiger charge is -2.07. The zero-order valence-corrected chi connectivity index (χ0v) is 9.34. The topological polar surface area (TPSA) is 104 Å². The average Bonchev–Trinajstić information content (AvgIpc) is 2.32. The first kappa shape index (κ1) is 13.5. The van der Waals surface area contributed by atoms with Crippen molar-refractivity contribution in [3.05, 3.63) is 28.3 Å². The van der Waals surface area contributed by atoms with E-state index in [1.165, 1.54) is 0 Å². The Morgan fingerprint density at radius 3 is 2.89 bits per heavy atom. The molecule has 0 aliphatic carbocycles. The molecule has 0 aliphatic rings. The summed E-state index contributed by atoms with van der Waals surface area (Å²) in [7, 11) is 0. The molecule has 0 saturated heterocycles. The van der Waals surface area contributed by atoms with E-state index < -0.39 is 10.8 Å². The van der Waals surface area contributed by atoms with E-state index in [2.05, 4.69) is 16.6 Å². The molecule has 0 saturated carbocycles. The lowest BCUT2D eigenvalue weighted by atomic mass is 10.2. The first-order chi connectivity index (χ1) is 8.54. The number of hydrogen-bond acceptors (Lipinski definition) is 5. The number of non-ortho nitro benzene ring substituents is 1. The fourth-order valence-corrected chi connectivity index (χ4v) is 1.18. The van der Waals surface area contributed by atoms with Crippen LogP contribution < -0.4 is 10.6 Å². The van der Waals surface area contributed by atoms with Crippen LogP contribution in [-0.2, 0) is 4.79 Å². The fourth-order valence-electron chi connectivity index (χ4n) is 1.18. The first-order valence-electron chi connectivity index (χ1n) is 4.96. The number of hydrogen-bond donors (Lipinski definition) is 3. The van der Waals surface area contributed by atoms with Gasteiger partial charge >= 0.3 is 0 Å². The van der Waals surface area contributed by atoms with Gasteiger partial charge in [0.25, 0.3) is 5.69 Å². The standard InChI is InChI=1S/C11H11N3O4/c1-2-5-12-7-11(16)13-9-6-8(14(17)18)3-4-10(9)15/h1,3-4,6,12,15H,5,7H2,(H,13,16). The number of phenolic OH excluding ortho intramolecular Hbond substituents is 1. The molecular formula is C11H11N3O4. The summed E-state index contributed by atoms with van der Waals surface area (Å²) in [6.07, 6.45) is 4.99. The van der Waals surface area contributed by atoms with Crippen LogP contribution >= 0.6 is 0 Å². The smallest absolute Gasteiger partial charge is 0.271 e. The predicted octanol–water partition coefficient (Wildman–Crippen LogP) is 0.462. The van der Waals surface area contributed by atoms with Crippen molar-refractivity contribution < 1.29 is 14.8 Å². The van der Waals surface area contributed by atoms with E-state index in [9.17, 15) is 20.0 Å². The van der Waals surface area contributed by atoms with Crippen molar-refractivity contribution in [2.75, 3.05) is 18.4 Å². The average molecular weight is 249 g/mol. The molecule has 1 aromatic carbocycles. The van der Waals surface area contributed by atoms with Crippen LogP contribution in [0.3, 0.4) is 0 Å². The Bertz CT molecular complexity index is 508. The van der Waals surface area contributed by atoms with Gasteiger partial charge in [0.2, 0.25) is 5.91 Å². The van der Waals surface area contributed by atoms with Crippen LogP contribution in [0.15, 0.2) is 18.2 Å². The first-order valence-corrected chi connectivity index (χ1v) is 4.96. The Labute approximate surface area is 103 Å². The molecule has 7 nitrogen and oxygen atoms in total. The second kappa shape index (κ2) is 6.22. The number of nitrogens with one attached hydrogen (secondary N) is 2. The van der Waals surface area contributed by atoms with Gasteiger partial charge in [0.1, 0.15) is 5.75 Å². The third-order valence-corrected chi connectivity index (χ3v) is 1.98. The highest BCUT2D eigenvalue weighted by atomic mass is 16.6. The van der Waals surface area contributed by atoms with Gasteiger partial charge in [-0.15, -0.1) is 6.42 Å². The molecule has 18 heavy (non-hydrogen) atoms. The van der Waals surface area contributed by atoms with Gasteiger partial charge in [-0.05, 0) is 6.07 Å². The molecule has 0 aromatic heterocycles. The van der Waals surface area contributed by atoms with E-state index in [1.807, 2.05) is 0 Å². The van der Waals surface area contributed by atoms with Gasteiger partial charge in [0.15, 0.2) is 0 Å². The number of benzene rings is 1. The highest BCUT2D eigenvalue weighted by Crippen LogP contribution is 2.27. The maximum atomic E-state index is 11.4. The van der Waals surface area contributed by atoms with E-state index in [1.54, 1.807) is 0 Å². The van der Waals surface area contributed by atoms with Crippen LogP contribution in [-0.4, -0.2) is 29.0 Å². The number of aromatic hydroxyl groups is 1. The zero-order chi connectivity index (χ0) is 13.5. The second-order valence-corrected chi connectivity index (χ2v) is 3.31. The Hall–Kier alpha value is -2.59. The summed E-state index contributed by atoms with van der Waals surface area (Å²) < 4.78 is 0. The summed E-state index contributed by atoms with van der Waals surface area (Å²) >= 11 is 0. The Morgan fingerprint density at radius 2 is 2.28 bits per heavy atom. The number of carbonyl (C=O) groups excluding carboxylic acids is 1. The maximum absolute atomic E-state index is 11.4. The minimum absolute atomic E-state index is 0.0169. The van der Waals surface area contributed by atoms with Crippen LogP contribution in [0.5, 0.6) is 5.75 Å². The molecule has 3 N–H and O–H groups in total. The summed E-state index contributed by atoms with van der Waals surface area (Å²) in [5.74, 6) is 1.59. The molecule has 0 radical (unpaired) electrons. The van der Waals surface area contributed by atoms with Crippen molar-refractivity contribution in [2.24, 2.45) is 0 Å². The van der Waals surface area contributed by atoms with Crippen molar-refractivity contribution in [1.82, 2.24) is 5.32 Å². The predicted molar refractivity (Wildman–Crippen MR) is 65.1 cm³/mol. The van der Waals surface area contributed by atoms with Crippen molar-refractivity contribution in [3.8, 4) is 18.1 Å². The Morgan fingerprint density at radius 1 is 1.56 bits per heavy atom. The van der Waals surface area contributed by atoms with Crippen molar-refractivity contribution in [2.45, 2.75) is 0 Å². The third kappa shape index (κ3) is 3.77.